The lowest BCUT2D eigenvalue weighted by Gasteiger charge is -1.97. The quantitative estimate of drug-likeness (QED) is 0.599. The molecule has 0 atom stereocenters. The van der Waals surface area contributed by atoms with E-state index >= 15 is 0 Å². The highest BCUT2D eigenvalue weighted by atomic mass is 32.2. The van der Waals surface area contributed by atoms with Gasteiger partial charge in [-0.1, -0.05) is 12.1 Å². The Kier molecular flexibility index (Phi) is 3.32. The first-order chi connectivity index (χ1) is 6.51. The number of hydrogen-bond acceptors (Lipinski definition) is 3. The van der Waals surface area contributed by atoms with Crippen molar-refractivity contribution in [3.05, 3.63) is 35.4 Å². The molecule has 1 radical (unpaired) electrons. The maximum Gasteiger partial charge on any atom is 0.265 e. The molecule has 6 heteroatoms. The molecule has 0 bridgehead atoms. The monoisotopic (exact) mass is 213 g/mol. The molecule has 75 valence electrons. The van der Waals surface area contributed by atoms with Crippen LogP contribution in [0.5, 0.6) is 0 Å². The molecule has 0 spiro atoms. The SMILES string of the molecule is [N-]=[N+]c1ccc(CCS(=O)(=O)O)cc1. The van der Waals surface area contributed by atoms with E-state index < -0.39 is 10.1 Å². The first-order valence-electron chi connectivity index (χ1n) is 3.90. The van der Waals surface area contributed by atoms with E-state index in [0.717, 1.165) is 5.56 Å². The lowest BCUT2D eigenvalue weighted by atomic mass is 10.1. The summed E-state index contributed by atoms with van der Waals surface area (Å²) >= 11 is 0. The Morgan fingerprint density at radius 3 is 2.29 bits per heavy atom. The van der Waals surface area contributed by atoms with Gasteiger partial charge in [0.05, 0.1) is 5.75 Å². The molecule has 0 aliphatic carbocycles. The third-order valence-corrected chi connectivity index (χ3v) is 2.42. The Balaban J connectivity index is 2.65. The zero-order valence-corrected chi connectivity index (χ0v) is 8.11. The maximum absolute atomic E-state index is 10.4. The predicted molar refractivity (Wildman–Crippen MR) is 51.7 cm³/mol. The number of aryl methyl sites for hydroxylation is 1. The van der Waals surface area contributed by atoms with E-state index in [1.54, 1.807) is 24.3 Å². The molecule has 0 saturated carbocycles. The van der Waals surface area contributed by atoms with Gasteiger partial charge in [0.1, 0.15) is 0 Å². The van der Waals surface area contributed by atoms with Crippen LogP contribution in [0.1, 0.15) is 5.56 Å². The fourth-order valence-corrected chi connectivity index (χ4v) is 1.47. The molecule has 1 aromatic carbocycles. The van der Waals surface area contributed by atoms with Crippen LogP contribution in [-0.4, -0.2) is 18.7 Å². The van der Waals surface area contributed by atoms with Crippen molar-refractivity contribution >= 4 is 15.8 Å². The lowest BCUT2D eigenvalue weighted by molar-refractivity contribution is 0.482. The molecular formula is C8H9N2O3S. The Bertz CT molecular complexity index is 411. The van der Waals surface area contributed by atoms with Crippen molar-refractivity contribution in [3.63, 3.8) is 0 Å². The highest BCUT2D eigenvalue weighted by Crippen LogP contribution is 2.08. The second-order valence-electron chi connectivity index (χ2n) is 2.80. The van der Waals surface area contributed by atoms with Gasteiger partial charge in [0.2, 0.25) is 0 Å². The third-order valence-electron chi connectivity index (χ3n) is 1.70. The second kappa shape index (κ2) is 4.30. The molecule has 0 aliphatic heterocycles. The summed E-state index contributed by atoms with van der Waals surface area (Å²) in [6.07, 6.45) is 0.241. The van der Waals surface area contributed by atoms with Gasteiger partial charge in [-0.25, -0.2) is 0 Å². The molecule has 1 rings (SSSR count). The van der Waals surface area contributed by atoms with E-state index in [-0.39, 0.29) is 12.2 Å². The van der Waals surface area contributed by atoms with Crippen LogP contribution in [0.3, 0.4) is 0 Å². The Morgan fingerprint density at radius 2 is 1.86 bits per heavy atom. The number of nitrogens with zero attached hydrogens (tertiary/aromatic N) is 2. The Morgan fingerprint density at radius 1 is 1.29 bits per heavy atom. The summed E-state index contributed by atoms with van der Waals surface area (Å²) in [5, 5.41) is 2.95. The summed E-state index contributed by atoms with van der Waals surface area (Å²) in [6, 6.07) is 6.39. The summed E-state index contributed by atoms with van der Waals surface area (Å²) in [5.74, 6) is -0.303. The van der Waals surface area contributed by atoms with Crippen LogP contribution < -0.4 is 5.11 Å². The van der Waals surface area contributed by atoms with Crippen LogP contribution in [0.4, 0.5) is 5.69 Å². The minimum absolute atomic E-state index is 0.241. The Hall–Kier alpha value is -1.27. The fourth-order valence-electron chi connectivity index (χ4n) is 0.976. The molecular weight excluding hydrogens is 204 g/mol. The molecule has 0 aromatic heterocycles. The third kappa shape index (κ3) is 3.63. The normalized spacial score (nSPS) is 11.2. The van der Waals surface area contributed by atoms with Gasteiger partial charge in [-0.2, -0.15) is 8.42 Å². The summed E-state index contributed by atoms with van der Waals surface area (Å²) < 4.78 is 29.3. The molecule has 0 fully saturated rings. The summed E-state index contributed by atoms with van der Waals surface area (Å²) in [4.78, 5) is 0. The molecule has 14 heavy (non-hydrogen) atoms. The second-order valence-corrected chi connectivity index (χ2v) is 4.37. The molecule has 0 unspecified atom stereocenters. The van der Waals surface area contributed by atoms with E-state index in [1.807, 2.05) is 0 Å². The van der Waals surface area contributed by atoms with Gasteiger partial charge in [-0.05, 0) is 17.1 Å². The molecule has 0 aliphatic rings. The van der Waals surface area contributed by atoms with Gasteiger partial charge in [-0.3, -0.25) is 4.55 Å². The van der Waals surface area contributed by atoms with Crippen molar-refractivity contribution in [1.82, 2.24) is 5.11 Å². The summed E-state index contributed by atoms with van der Waals surface area (Å²) in [6.45, 7) is 0. The maximum atomic E-state index is 10.4. The minimum atomic E-state index is -3.91. The largest absolute Gasteiger partial charge is 0.424 e. The van der Waals surface area contributed by atoms with Gasteiger partial charge >= 0.3 is 0 Å². The highest BCUT2D eigenvalue weighted by Gasteiger charge is 2.05. The standard InChI is InChI=1S/C8H9N2O3S/c9-10-8-3-1-7(2-4-8)5-6-14(11,12)13/h1-4H,5-6H2,(H,11,12,13). The molecule has 5 nitrogen and oxygen atoms in total. The predicted octanol–water partition coefficient (Wildman–Crippen LogP) is 1.11. The molecule has 0 saturated heterocycles. The first kappa shape index (κ1) is 10.8. The smallest absolute Gasteiger partial charge is 0.265 e. The van der Waals surface area contributed by atoms with E-state index in [4.69, 9.17) is 10.1 Å². The average Bonchev–Trinajstić information content (AvgIpc) is 2.14. The van der Waals surface area contributed by atoms with Crippen LogP contribution in [0.25, 0.3) is 5.53 Å². The van der Waals surface area contributed by atoms with Crippen molar-refractivity contribution in [2.75, 3.05) is 5.75 Å². The molecule has 1 aromatic rings. The minimum Gasteiger partial charge on any atom is -0.424 e. The van der Waals surface area contributed by atoms with Gasteiger partial charge in [0.15, 0.2) is 0 Å². The van der Waals surface area contributed by atoms with E-state index in [2.05, 4.69) is 5.11 Å². The van der Waals surface area contributed by atoms with E-state index in [0.29, 0.717) is 5.69 Å². The highest BCUT2D eigenvalue weighted by molar-refractivity contribution is 7.85. The van der Waals surface area contributed by atoms with Gasteiger partial charge in [0, 0.05) is 12.1 Å². The van der Waals surface area contributed by atoms with Gasteiger partial charge < -0.3 is 5.53 Å². The fraction of sp³-hybridized carbons (Fsp3) is 0.250. The topological polar surface area (TPSA) is 90.8 Å². The van der Waals surface area contributed by atoms with Crippen LogP contribution in [-0.2, 0) is 16.5 Å². The van der Waals surface area contributed by atoms with Gasteiger partial charge in [-0.15, -0.1) is 0 Å². The summed E-state index contributed by atoms with van der Waals surface area (Å²) in [7, 11) is -3.91. The number of rotatable bonds is 4. The van der Waals surface area contributed by atoms with Crippen molar-refractivity contribution in [3.8, 4) is 0 Å². The summed E-state index contributed by atoms with van der Waals surface area (Å²) in [5.41, 5.74) is 9.54. The number of hydrogen-bond donors (Lipinski definition) is 1. The zero-order chi connectivity index (χ0) is 10.6. The average molecular weight is 213 g/mol. The molecule has 0 amide bonds. The molecule has 0 heterocycles. The Labute approximate surface area is 82.0 Å². The zero-order valence-electron chi connectivity index (χ0n) is 7.29. The number of benzene rings is 1. The molecule has 1 N–H and O–H groups in total. The van der Waals surface area contributed by atoms with E-state index in [1.165, 1.54) is 0 Å². The van der Waals surface area contributed by atoms with Crippen LogP contribution in [0, 0.1) is 0 Å². The van der Waals surface area contributed by atoms with Crippen LogP contribution in [0.2, 0.25) is 0 Å². The van der Waals surface area contributed by atoms with Gasteiger partial charge in [0.25, 0.3) is 15.8 Å². The van der Waals surface area contributed by atoms with Crippen LogP contribution in [0.15, 0.2) is 24.3 Å². The lowest BCUT2D eigenvalue weighted by Crippen LogP contribution is -2.06. The van der Waals surface area contributed by atoms with Crippen LogP contribution >= 0.6 is 0 Å². The van der Waals surface area contributed by atoms with Crippen molar-refractivity contribution < 1.29 is 13.0 Å². The first-order valence-corrected chi connectivity index (χ1v) is 5.51. The van der Waals surface area contributed by atoms with Crippen molar-refractivity contribution in [2.24, 2.45) is 0 Å². The van der Waals surface area contributed by atoms with Crippen molar-refractivity contribution in [2.45, 2.75) is 6.42 Å². The van der Waals surface area contributed by atoms with Crippen molar-refractivity contribution in [1.29, 1.82) is 0 Å². The van der Waals surface area contributed by atoms with E-state index in [9.17, 15) is 8.42 Å².